The first-order chi connectivity index (χ1) is 18.7. The van der Waals surface area contributed by atoms with Gasteiger partial charge in [-0.05, 0) is 26.3 Å². The molecule has 1 amide bonds. The van der Waals surface area contributed by atoms with E-state index in [9.17, 15) is 10.1 Å². The van der Waals surface area contributed by atoms with Gasteiger partial charge in [0.15, 0.2) is 23.0 Å². The molecule has 0 spiro atoms. The Bertz CT molecular complexity index is 1580. The number of ether oxygens (including phenoxy) is 3. The average Bonchev–Trinajstić information content (AvgIpc) is 3.64. The number of hydrogen-bond donors (Lipinski definition) is 2. The van der Waals surface area contributed by atoms with Crippen molar-refractivity contribution in [3.63, 3.8) is 0 Å². The van der Waals surface area contributed by atoms with E-state index in [1.165, 1.54) is 19.3 Å². The lowest BCUT2D eigenvalue weighted by Gasteiger charge is -2.20. The Morgan fingerprint density at radius 3 is 2.79 bits per heavy atom. The van der Waals surface area contributed by atoms with Crippen molar-refractivity contribution < 1.29 is 19.0 Å². The standard InChI is InChI=1S/C26H29N9O4/c1-15(36)30-20-10-17(6-8-28-20)39-18-12-29-24-22(23(18)37-5)34(4)25(32-24)31-21-11-19(26(2,3)14-27)35(33-21)16-7-9-38-13-16/h6,8,10-12,16H,7,9,13H2,1-5H3,(H,28,30,36)(H,29,31,32,33). The van der Waals surface area contributed by atoms with Crippen LogP contribution in [0.4, 0.5) is 17.6 Å². The first kappa shape index (κ1) is 25.9. The van der Waals surface area contributed by atoms with E-state index in [4.69, 9.17) is 19.3 Å². The van der Waals surface area contributed by atoms with E-state index in [2.05, 4.69) is 31.7 Å². The third-order valence-corrected chi connectivity index (χ3v) is 6.43. The van der Waals surface area contributed by atoms with E-state index >= 15 is 0 Å². The number of nitrogens with zero attached hydrogens (tertiary/aromatic N) is 7. The maximum Gasteiger partial charge on any atom is 0.222 e. The van der Waals surface area contributed by atoms with Gasteiger partial charge in [-0.1, -0.05) is 0 Å². The Kier molecular flexibility index (Phi) is 6.80. The molecule has 0 aromatic carbocycles. The van der Waals surface area contributed by atoms with Crippen molar-refractivity contribution in [1.82, 2.24) is 29.3 Å². The Hall–Kier alpha value is -4.70. The molecule has 4 aromatic heterocycles. The smallest absolute Gasteiger partial charge is 0.222 e. The molecule has 1 aliphatic heterocycles. The molecule has 39 heavy (non-hydrogen) atoms. The molecule has 0 aliphatic carbocycles. The average molecular weight is 532 g/mol. The highest BCUT2D eigenvalue weighted by molar-refractivity contribution is 5.88. The second-order valence-corrected chi connectivity index (χ2v) is 9.72. The minimum atomic E-state index is -0.744. The second kappa shape index (κ2) is 10.2. The van der Waals surface area contributed by atoms with Crippen LogP contribution in [0.2, 0.25) is 0 Å². The van der Waals surface area contributed by atoms with E-state index in [1.54, 1.807) is 23.8 Å². The zero-order valence-corrected chi connectivity index (χ0v) is 22.3. The third kappa shape index (κ3) is 5.06. The Morgan fingerprint density at radius 2 is 2.10 bits per heavy atom. The Labute approximate surface area is 224 Å². The number of anilines is 3. The fourth-order valence-electron chi connectivity index (χ4n) is 4.44. The van der Waals surface area contributed by atoms with Gasteiger partial charge >= 0.3 is 0 Å². The molecule has 13 heteroatoms. The number of hydrogen-bond acceptors (Lipinski definition) is 10. The number of methoxy groups -OCH3 is 1. The van der Waals surface area contributed by atoms with E-state index in [0.717, 1.165) is 12.1 Å². The van der Waals surface area contributed by atoms with Gasteiger partial charge in [0, 0.05) is 38.9 Å². The number of carbonyl (C=O) groups excluding carboxylic acids is 1. The fraction of sp³-hybridized carbons (Fsp3) is 0.385. The number of aromatic nitrogens is 6. The number of pyridine rings is 2. The van der Waals surface area contributed by atoms with Crippen LogP contribution in [0.3, 0.4) is 0 Å². The minimum Gasteiger partial charge on any atom is -0.491 e. The predicted molar refractivity (Wildman–Crippen MR) is 142 cm³/mol. The lowest BCUT2D eigenvalue weighted by atomic mass is 9.91. The molecule has 1 saturated heterocycles. The molecule has 1 atom stereocenters. The summed E-state index contributed by atoms with van der Waals surface area (Å²) in [4.78, 5) is 24.6. The first-order valence-electron chi connectivity index (χ1n) is 12.4. The summed E-state index contributed by atoms with van der Waals surface area (Å²) in [6.45, 7) is 6.35. The molecule has 202 valence electrons. The molecule has 1 unspecified atom stereocenters. The SMILES string of the molecule is COc1c(Oc2ccnc(NC(C)=O)c2)cnc2nc(Nc3cc(C(C)(C)C#N)n(C4CCOC4)n3)n(C)c12. The molecule has 1 aliphatic rings. The van der Waals surface area contributed by atoms with Crippen LogP contribution in [0.25, 0.3) is 11.2 Å². The van der Waals surface area contributed by atoms with Crippen LogP contribution in [0, 0.1) is 11.3 Å². The zero-order valence-electron chi connectivity index (χ0n) is 22.3. The second-order valence-electron chi connectivity index (χ2n) is 9.72. The van der Waals surface area contributed by atoms with Crippen molar-refractivity contribution in [3.05, 3.63) is 36.3 Å². The summed E-state index contributed by atoms with van der Waals surface area (Å²) in [7, 11) is 3.37. The normalized spacial score (nSPS) is 15.2. The first-order valence-corrected chi connectivity index (χ1v) is 12.4. The minimum absolute atomic E-state index is 0.0597. The van der Waals surface area contributed by atoms with Crippen LogP contribution in [0.5, 0.6) is 17.2 Å². The monoisotopic (exact) mass is 531 g/mol. The molecule has 5 heterocycles. The maximum absolute atomic E-state index is 11.4. The van der Waals surface area contributed by atoms with Gasteiger partial charge in [0.25, 0.3) is 0 Å². The van der Waals surface area contributed by atoms with Crippen LogP contribution in [0.1, 0.15) is 38.9 Å². The number of rotatable bonds is 8. The molecule has 1 fully saturated rings. The summed E-state index contributed by atoms with van der Waals surface area (Å²) in [5, 5.41) is 20.4. The molecule has 4 aromatic rings. The summed E-state index contributed by atoms with van der Waals surface area (Å²) < 4.78 is 21.0. The predicted octanol–water partition coefficient (Wildman–Crippen LogP) is 3.83. The lowest BCUT2D eigenvalue weighted by Crippen LogP contribution is -2.23. The Balaban J connectivity index is 1.48. The highest BCUT2D eigenvalue weighted by atomic mass is 16.5. The number of amides is 1. The summed E-state index contributed by atoms with van der Waals surface area (Å²) in [5.41, 5.74) is 1.10. The van der Waals surface area contributed by atoms with Crippen LogP contribution in [0.15, 0.2) is 30.6 Å². The van der Waals surface area contributed by atoms with Crippen LogP contribution < -0.4 is 20.1 Å². The maximum atomic E-state index is 11.4. The van der Waals surface area contributed by atoms with Gasteiger partial charge in [-0.2, -0.15) is 15.3 Å². The van der Waals surface area contributed by atoms with Crippen molar-refractivity contribution in [2.24, 2.45) is 7.05 Å². The highest BCUT2D eigenvalue weighted by Crippen LogP contribution is 2.38. The van der Waals surface area contributed by atoms with Crippen LogP contribution in [-0.4, -0.2) is 55.5 Å². The van der Waals surface area contributed by atoms with Crippen molar-refractivity contribution in [1.29, 1.82) is 5.26 Å². The van der Waals surface area contributed by atoms with Crippen LogP contribution in [-0.2, 0) is 22.0 Å². The van der Waals surface area contributed by atoms with E-state index in [1.807, 2.05) is 31.6 Å². The van der Waals surface area contributed by atoms with Gasteiger partial charge in [0.2, 0.25) is 11.9 Å². The number of imidazole rings is 1. The molecular weight excluding hydrogens is 502 g/mol. The molecule has 0 radical (unpaired) electrons. The number of aryl methyl sites for hydroxylation is 1. The van der Waals surface area contributed by atoms with Crippen LogP contribution >= 0.6 is 0 Å². The van der Waals surface area contributed by atoms with E-state index < -0.39 is 5.41 Å². The van der Waals surface area contributed by atoms with E-state index in [-0.39, 0.29) is 11.9 Å². The topological polar surface area (TPSA) is 154 Å². The third-order valence-electron chi connectivity index (χ3n) is 6.43. The number of fused-ring (bicyclic) bond motifs is 1. The molecule has 13 nitrogen and oxygen atoms in total. The Morgan fingerprint density at radius 1 is 1.28 bits per heavy atom. The largest absolute Gasteiger partial charge is 0.491 e. The van der Waals surface area contributed by atoms with Crippen molar-refractivity contribution >= 4 is 34.7 Å². The number of nitriles is 1. The summed E-state index contributed by atoms with van der Waals surface area (Å²) in [5.74, 6) is 2.41. The summed E-state index contributed by atoms with van der Waals surface area (Å²) in [6.07, 6.45) is 3.89. The molecular formula is C26H29N9O4. The van der Waals surface area contributed by atoms with Gasteiger partial charge in [-0.3, -0.25) is 9.48 Å². The van der Waals surface area contributed by atoms with Gasteiger partial charge in [-0.15, -0.1) is 0 Å². The van der Waals surface area contributed by atoms with Crippen molar-refractivity contribution in [2.75, 3.05) is 31.0 Å². The van der Waals surface area contributed by atoms with E-state index in [0.29, 0.717) is 59.2 Å². The lowest BCUT2D eigenvalue weighted by molar-refractivity contribution is -0.114. The number of nitrogens with one attached hydrogen (secondary N) is 2. The summed E-state index contributed by atoms with van der Waals surface area (Å²) in [6, 6.07) is 7.57. The number of carbonyl (C=O) groups is 1. The van der Waals surface area contributed by atoms with Crippen molar-refractivity contribution in [3.8, 4) is 23.3 Å². The molecule has 5 rings (SSSR count). The molecule has 2 N–H and O–H groups in total. The highest BCUT2D eigenvalue weighted by Gasteiger charge is 2.31. The zero-order chi connectivity index (χ0) is 27.7. The fourth-order valence-corrected chi connectivity index (χ4v) is 4.44. The van der Waals surface area contributed by atoms with Gasteiger partial charge < -0.3 is 29.4 Å². The molecule has 0 saturated carbocycles. The molecule has 0 bridgehead atoms. The van der Waals surface area contributed by atoms with Gasteiger partial charge in [-0.25, -0.2) is 9.97 Å². The quantitative estimate of drug-likeness (QED) is 0.343. The van der Waals surface area contributed by atoms with Gasteiger partial charge in [0.05, 0.1) is 43.1 Å². The van der Waals surface area contributed by atoms with Gasteiger partial charge in [0.1, 0.15) is 17.1 Å². The van der Waals surface area contributed by atoms with Crippen molar-refractivity contribution in [2.45, 2.75) is 38.6 Å². The summed E-state index contributed by atoms with van der Waals surface area (Å²) >= 11 is 0.